The number of hydrogen-bond donors (Lipinski definition) is 2. The van der Waals surface area contributed by atoms with Crippen LogP contribution in [-0.2, 0) is 13.1 Å². The monoisotopic (exact) mass is 419 g/mol. The number of aromatic nitrogens is 3. The van der Waals surface area contributed by atoms with Crippen LogP contribution in [0, 0.1) is 0 Å². The van der Waals surface area contributed by atoms with Gasteiger partial charge in [-0.25, -0.2) is 0 Å². The molecule has 3 N–H and O–H groups in total. The van der Waals surface area contributed by atoms with Gasteiger partial charge in [-0.15, -0.1) is 0 Å². The van der Waals surface area contributed by atoms with E-state index < -0.39 is 0 Å². The molecular formula is C23H29N7O. The average molecular weight is 420 g/mol. The average Bonchev–Trinajstić information content (AvgIpc) is 2.77. The normalized spacial score (nSPS) is 15.0. The minimum absolute atomic E-state index is 0.212. The third-order valence-corrected chi connectivity index (χ3v) is 5.21. The van der Waals surface area contributed by atoms with Crippen molar-refractivity contribution in [3.05, 3.63) is 66.0 Å². The van der Waals surface area contributed by atoms with E-state index in [0.29, 0.717) is 24.9 Å². The van der Waals surface area contributed by atoms with Gasteiger partial charge in [-0.05, 0) is 24.6 Å². The maximum absolute atomic E-state index is 5.96. The highest BCUT2D eigenvalue weighted by atomic mass is 16.5. The first-order chi connectivity index (χ1) is 15.2. The van der Waals surface area contributed by atoms with Crippen molar-refractivity contribution >= 4 is 17.6 Å². The van der Waals surface area contributed by atoms with E-state index in [-0.39, 0.29) is 5.95 Å². The van der Waals surface area contributed by atoms with Gasteiger partial charge < -0.3 is 15.8 Å². The Labute approximate surface area is 183 Å². The van der Waals surface area contributed by atoms with Gasteiger partial charge in [-0.1, -0.05) is 42.5 Å². The zero-order valence-electron chi connectivity index (χ0n) is 17.9. The third kappa shape index (κ3) is 5.90. The van der Waals surface area contributed by atoms with Gasteiger partial charge in [0.2, 0.25) is 11.9 Å². The summed E-state index contributed by atoms with van der Waals surface area (Å²) in [5.74, 6) is 2.06. The minimum Gasteiger partial charge on any atom is -0.492 e. The molecule has 0 saturated carbocycles. The summed E-state index contributed by atoms with van der Waals surface area (Å²) in [5, 5.41) is 3.22. The number of nitrogens with two attached hydrogens (primary N) is 1. The van der Waals surface area contributed by atoms with Crippen LogP contribution < -0.4 is 15.8 Å². The second-order valence-corrected chi connectivity index (χ2v) is 7.53. The number of anilines is 3. The summed E-state index contributed by atoms with van der Waals surface area (Å²) in [6.07, 6.45) is 0. The lowest BCUT2D eigenvalue weighted by Crippen LogP contribution is -2.45. The van der Waals surface area contributed by atoms with E-state index in [1.165, 1.54) is 5.56 Å². The molecule has 3 aromatic rings. The van der Waals surface area contributed by atoms with Crippen LogP contribution in [-0.4, -0.2) is 57.5 Å². The number of piperazine rings is 1. The van der Waals surface area contributed by atoms with Gasteiger partial charge in [0.1, 0.15) is 11.6 Å². The SMILES string of the molecule is CCOc1ccccc1Nc1nc(N)nc(CN2CCN(Cc3ccccc3)CC2)n1. The van der Waals surface area contributed by atoms with Crippen molar-refractivity contribution in [2.75, 3.05) is 43.8 Å². The Morgan fingerprint density at radius 3 is 2.29 bits per heavy atom. The van der Waals surface area contributed by atoms with E-state index in [9.17, 15) is 0 Å². The number of rotatable bonds is 8. The fourth-order valence-corrected chi connectivity index (χ4v) is 3.68. The molecule has 0 radical (unpaired) electrons. The van der Waals surface area contributed by atoms with Crippen LogP contribution in [0.2, 0.25) is 0 Å². The van der Waals surface area contributed by atoms with Crippen LogP contribution in [0.4, 0.5) is 17.6 Å². The van der Waals surface area contributed by atoms with E-state index in [1.807, 2.05) is 31.2 Å². The molecule has 1 aliphatic heterocycles. The first kappa shape index (κ1) is 21.0. The topological polar surface area (TPSA) is 92.4 Å². The molecule has 4 rings (SSSR count). The molecule has 1 saturated heterocycles. The van der Waals surface area contributed by atoms with Gasteiger partial charge in [-0.2, -0.15) is 15.0 Å². The van der Waals surface area contributed by atoms with Crippen LogP contribution in [0.25, 0.3) is 0 Å². The van der Waals surface area contributed by atoms with Gasteiger partial charge in [0, 0.05) is 32.7 Å². The second-order valence-electron chi connectivity index (χ2n) is 7.53. The zero-order chi connectivity index (χ0) is 21.5. The number of hydrogen-bond acceptors (Lipinski definition) is 8. The van der Waals surface area contributed by atoms with Crippen molar-refractivity contribution in [1.82, 2.24) is 24.8 Å². The lowest BCUT2D eigenvalue weighted by molar-refractivity contribution is 0.120. The number of para-hydroxylation sites is 2. The molecule has 8 heteroatoms. The van der Waals surface area contributed by atoms with E-state index in [1.54, 1.807) is 0 Å². The molecule has 1 fully saturated rings. The Balaban J connectivity index is 1.36. The fraction of sp³-hybridized carbons (Fsp3) is 0.348. The molecule has 8 nitrogen and oxygen atoms in total. The Bertz CT molecular complexity index is 975. The Kier molecular flexibility index (Phi) is 6.91. The van der Waals surface area contributed by atoms with Crippen molar-refractivity contribution in [3.8, 4) is 5.75 Å². The lowest BCUT2D eigenvalue weighted by Gasteiger charge is -2.34. The number of ether oxygens (including phenoxy) is 1. The molecule has 1 aliphatic rings. The standard InChI is InChI=1S/C23H29N7O/c1-2-31-20-11-7-6-10-19(20)25-23-27-21(26-22(24)28-23)17-30-14-12-29(13-15-30)16-18-8-4-3-5-9-18/h3-11H,2,12-17H2,1H3,(H3,24,25,26,27,28). The van der Waals surface area contributed by atoms with Crippen molar-refractivity contribution in [1.29, 1.82) is 0 Å². The van der Waals surface area contributed by atoms with Crippen LogP contribution in [0.5, 0.6) is 5.75 Å². The smallest absolute Gasteiger partial charge is 0.232 e. The van der Waals surface area contributed by atoms with Crippen LogP contribution >= 0.6 is 0 Å². The predicted octanol–water partition coefficient (Wildman–Crippen LogP) is 2.91. The highest BCUT2D eigenvalue weighted by molar-refractivity contribution is 5.62. The van der Waals surface area contributed by atoms with Crippen LogP contribution in [0.1, 0.15) is 18.3 Å². The van der Waals surface area contributed by atoms with Crippen molar-refractivity contribution in [2.24, 2.45) is 0 Å². The minimum atomic E-state index is 0.212. The van der Waals surface area contributed by atoms with E-state index in [2.05, 4.69) is 60.4 Å². The highest BCUT2D eigenvalue weighted by Crippen LogP contribution is 2.26. The van der Waals surface area contributed by atoms with Gasteiger partial charge >= 0.3 is 0 Å². The molecule has 0 bridgehead atoms. The van der Waals surface area contributed by atoms with E-state index in [4.69, 9.17) is 10.5 Å². The summed E-state index contributed by atoms with van der Waals surface area (Å²) < 4.78 is 5.67. The lowest BCUT2D eigenvalue weighted by atomic mass is 10.2. The number of benzene rings is 2. The van der Waals surface area contributed by atoms with Crippen LogP contribution in [0.15, 0.2) is 54.6 Å². The molecule has 0 spiro atoms. The maximum Gasteiger partial charge on any atom is 0.232 e. The first-order valence-electron chi connectivity index (χ1n) is 10.7. The van der Waals surface area contributed by atoms with Crippen molar-refractivity contribution in [3.63, 3.8) is 0 Å². The summed E-state index contributed by atoms with van der Waals surface area (Å²) >= 11 is 0. The van der Waals surface area contributed by atoms with Gasteiger partial charge in [0.05, 0.1) is 18.8 Å². The molecule has 0 aliphatic carbocycles. The summed E-state index contributed by atoms with van der Waals surface area (Å²) in [6.45, 7) is 8.14. The number of nitrogens with zero attached hydrogens (tertiary/aromatic N) is 5. The molecule has 162 valence electrons. The number of nitrogen functional groups attached to an aromatic ring is 1. The Hall–Kier alpha value is -3.23. The molecule has 0 unspecified atom stereocenters. The summed E-state index contributed by atoms with van der Waals surface area (Å²) in [7, 11) is 0. The van der Waals surface area contributed by atoms with Gasteiger partial charge in [-0.3, -0.25) is 9.80 Å². The maximum atomic E-state index is 5.96. The number of nitrogens with one attached hydrogen (secondary N) is 1. The molecule has 1 aromatic heterocycles. The van der Waals surface area contributed by atoms with Gasteiger partial charge in [0.15, 0.2) is 0 Å². The molecule has 2 heterocycles. The molecule has 2 aromatic carbocycles. The molecule has 31 heavy (non-hydrogen) atoms. The van der Waals surface area contributed by atoms with E-state index >= 15 is 0 Å². The highest BCUT2D eigenvalue weighted by Gasteiger charge is 2.19. The van der Waals surface area contributed by atoms with E-state index in [0.717, 1.165) is 44.2 Å². The van der Waals surface area contributed by atoms with Gasteiger partial charge in [0.25, 0.3) is 0 Å². The molecule has 0 atom stereocenters. The third-order valence-electron chi connectivity index (χ3n) is 5.21. The quantitative estimate of drug-likeness (QED) is 0.576. The summed E-state index contributed by atoms with van der Waals surface area (Å²) in [5.41, 5.74) is 8.12. The predicted molar refractivity (Wildman–Crippen MR) is 122 cm³/mol. The second kappa shape index (κ2) is 10.2. The van der Waals surface area contributed by atoms with Crippen molar-refractivity contribution < 1.29 is 4.74 Å². The zero-order valence-corrected chi connectivity index (χ0v) is 17.9. The molecular weight excluding hydrogens is 390 g/mol. The fourth-order valence-electron chi connectivity index (χ4n) is 3.68. The summed E-state index contributed by atoms with van der Waals surface area (Å²) in [6, 6.07) is 18.3. The Morgan fingerprint density at radius 1 is 0.871 bits per heavy atom. The largest absolute Gasteiger partial charge is 0.492 e. The first-order valence-corrected chi connectivity index (χ1v) is 10.7. The molecule has 0 amide bonds. The van der Waals surface area contributed by atoms with Crippen LogP contribution in [0.3, 0.4) is 0 Å². The van der Waals surface area contributed by atoms with Crippen molar-refractivity contribution in [2.45, 2.75) is 20.0 Å². The summed E-state index contributed by atoms with van der Waals surface area (Å²) in [4.78, 5) is 18.0. The Morgan fingerprint density at radius 2 is 1.55 bits per heavy atom.